The molecular weight excluding hydrogens is 424 g/mol. The number of carbonyl (C=O) groups excluding carboxylic acids is 2. The van der Waals surface area contributed by atoms with Gasteiger partial charge in [-0.05, 0) is 82.7 Å². The summed E-state index contributed by atoms with van der Waals surface area (Å²) in [5, 5.41) is 6.89. The number of halogens is 1. The summed E-state index contributed by atoms with van der Waals surface area (Å²) in [7, 11) is 0. The molecule has 0 aliphatic carbocycles. The Morgan fingerprint density at radius 2 is 1.37 bits per heavy atom. The van der Waals surface area contributed by atoms with E-state index in [1.807, 2.05) is 19.1 Å². The van der Waals surface area contributed by atoms with Crippen molar-refractivity contribution in [3.8, 4) is 0 Å². The first-order chi connectivity index (χ1) is 14.0. The molecule has 30 heavy (non-hydrogen) atoms. The number of esters is 2. The minimum Gasteiger partial charge on any atom is -0.459 e. The van der Waals surface area contributed by atoms with Crippen LogP contribution in [0.1, 0.15) is 54.0 Å². The van der Waals surface area contributed by atoms with Gasteiger partial charge in [-0.15, -0.1) is 0 Å². The van der Waals surface area contributed by atoms with Gasteiger partial charge in [-0.3, -0.25) is 0 Å². The second kappa shape index (κ2) is 10.4. The number of hydrogen-bond donors (Lipinski definition) is 2. The van der Waals surface area contributed by atoms with Crippen LogP contribution in [0.25, 0.3) is 0 Å². The number of rotatable bonds is 6. The highest BCUT2D eigenvalue weighted by molar-refractivity contribution is 7.80. The first-order valence-corrected chi connectivity index (χ1v) is 10.2. The third-order valence-electron chi connectivity index (χ3n) is 3.78. The molecule has 0 aliphatic rings. The molecule has 0 atom stereocenters. The van der Waals surface area contributed by atoms with E-state index in [9.17, 15) is 9.59 Å². The molecule has 0 saturated carbocycles. The van der Waals surface area contributed by atoms with E-state index in [2.05, 4.69) is 10.6 Å². The fourth-order valence-electron chi connectivity index (χ4n) is 2.46. The largest absolute Gasteiger partial charge is 0.459 e. The van der Waals surface area contributed by atoms with Gasteiger partial charge in [0.05, 0.1) is 23.3 Å². The van der Waals surface area contributed by atoms with Crippen LogP contribution in [0.15, 0.2) is 36.4 Å². The van der Waals surface area contributed by atoms with E-state index in [0.29, 0.717) is 16.4 Å². The molecule has 8 heteroatoms. The molecule has 0 amide bonds. The molecule has 2 rings (SSSR count). The summed E-state index contributed by atoms with van der Waals surface area (Å²) in [5.74, 6) is -1.09. The molecule has 0 fully saturated rings. The van der Waals surface area contributed by atoms with Crippen LogP contribution in [-0.2, 0) is 9.47 Å². The molecule has 0 bridgehead atoms. The number of nitrogens with one attached hydrogen (secondary N) is 2. The van der Waals surface area contributed by atoms with Gasteiger partial charge in [0, 0.05) is 16.4 Å². The summed E-state index contributed by atoms with van der Waals surface area (Å²) >= 11 is 11.5. The van der Waals surface area contributed by atoms with Gasteiger partial charge in [-0.1, -0.05) is 17.7 Å². The molecule has 0 saturated heterocycles. The van der Waals surface area contributed by atoms with Crippen LogP contribution in [0.5, 0.6) is 0 Å². The van der Waals surface area contributed by atoms with Gasteiger partial charge in [0.25, 0.3) is 0 Å². The number of thiocarbonyl (C=S) groups is 1. The maximum atomic E-state index is 12.4. The third-order valence-corrected chi connectivity index (χ3v) is 4.39. The second-order valence-electron chi connectivity index (χ2n) is 7.25. The Bertz CT molecular complexity index is 920. The molecule has 0 spiro atoms. The van der Waals surface area contributed by atoms with E-state index in [4.69, 9.17) is 33.3 Å². The third kappa shape index (κ3) is 7.00. The van der Waals surface area contributed by atoms with Gasteiger partial charge in [0.15, 0.2) is 5.11 Å². The lowest BCUT2D eigenvalue weighted by Crippen LogP contribution is -2.20. The summed E-state index contributed by atoms with van der Waals surface area (Å²) in [4.78, 5) is 24.8. The maximum Gasteiger partial charge on any atom is 0.338 e. The zero-order valence-electron chi connectivity index (χ0n) is 17.5. The fourth-order valence-corrected chi connectivity index (χ4v) is 2.88. The van der Waals surface area contributed by atoms with Crippen molar-refractivity contribution in [1.82, 2.24) is 0 Å². The molecule has 160 valence electrons. The lowest BCUT2D eigenvalue weighted by molar-refractivity contribution is 0.0377. The number of benzene rings is 2. The van der Waals surface area contributed by atoms with Crippen LogP contribution in [0.2, 0.25) is 5.02 Å². The molecule has 2 aromatic carbocycles. The predicted molar refractivity (Wildman–Crippen MR) is 124 cm³/mol. The molecular formula is C22H25ClN2O4S. The highest BCUT2D eigenvalue weighted by atomic mass is 35.5. The highest BCUT2D eigenvalue weighted by Crippen LogP contribution is 2.21. The van der Waals surface area contributed by atoms with Crippen LogP contribution < -0.4 is 10.6 Å². The molecule has 2 N–H and O–H groups in total. The van der Waals surface area contributed by atoms with Crippen LogP contribution in [0.3, 0.4) is 0 Å². The van der Waals surface area contributed by atoms with Crippen molar-refractivity contribution in [2.75, 3.05) is 10.6 Å². The van der Waals surface area contributed by atoms with Gasteiger partial charge in [0.2, 0.25) is 0 Å². The van der Waals surface area contributed by atoms with Crippen LogP contribution in [-0.4, -0.2) is 29.3 Å². The number of hydrogen-bond acceptors (Lipinski definition) is 5. The van der Waals surface area contributed by atoms with Crippen molar-refractivity contribution in [3.63, 3.8) is 0 Å². The molecule has 0 unspecified atom stereocenters. The van der Waals surface area contributed by atoms with Gasteiger partial charge in [0.1, 0.15) is 0 Å². The van der Waals surface area contributed by atoms with E-state index in [-0.39, 0.29) is 28.4 Å². The molecule has 6 nitrogen and oxygen atoms in total. The van der Waals surface area contributed by atoms with Crippen molar-refractivity contribution in [3.05, 3.63) is 58.1 Å². The highest BCUT2D eigenvalue weighted by Gasteiger charge is 2.17. The normalized spacial score (nSPS) is 10.7. The monoisotopic (exact) mass is 448 g/mol. The average Bonchev–Trinajstić information content (AvgIpc) is 2.63. The standard InChI is InChI=1S/C22H25ClN2O4S/c1-12(2)28-20(26)15-8-16(21(27)29-13(3)4)10-18(9-15)25-22(30)24-17-7-6-14(5)19(23)11-17/h6-13H,1-5H3,(H2,24,25,30). The molecule has 0 aromatic heterocycles. The molecule has 0 radical (unpaired) electrons. The number of anilines is 2. The minimum atomic E-state index is -0.545. The number of carbonyl (C=O) groups is 2. The van der Waals surface area contributed by atoms with E-state index in [1.54, 1.807) is 45.9 Å². The predicted octanol–water partition coefficient (Wildman–Crippen LogP) is 5.59. The summed E-state index contributed by atoms with van der Waals surface area (Å²) in [6, 6.07) is 10.0. The SMILES string of the molecule is Cc1ccc(NC(=S)Nc2cc(C(=O)OC(C)C)cc(C(=O)OC(C)C)c2)cc1Cl. The molecule has 2 aromatic rings. The van der Waals surface area contributed by atoms with Gasteiger partial charge < -0.3 is 20.1 Å². The minimum absolute atomic E-state index is 0.214. The van der Waals surface area contributed by atoms with Crippen molar-refractivity contribution < 1.29 is 19.1 Å². The number of aryl methyl sites for hydroxylation is 1. The number of ether oxygens (including phenoxy) is 2. The van der Waals surface area contributed by atoms with Gasteiger partial charge in [-0.25, -0.2) is 9.59 Å². The smallest absolute Gasteiger partial charge is 0.338 e. The Morgan fingerprint density at radius 3 is 1.83 bits per heavy atom. The lowest BCUT2D eigenvalue weighted by atomic mass is 10.1. The van der Waals surface area contributed by atoms with E-state index in [1.165, 1.54) is 6.07 Å². The van der Waals surface area contributed by atoms with Crippen LogP contribution >= 0.6 is 23.8 Å². The Kier molecular flexibility index (Phi) is 8.20. The Balaban J connectivity index is 2.27. The van der Waals surface area contributed by atoms with Crippen molar-refractivity contribution in [2.24, 2.45) is 0 Å². The van der Waals surface area contributed by atoms with Gasteiger partial charge >= 0.3 is 11.9 Å². The quantitative estimate of drug-likeness (QED) is 0.440. The lowest BCUT2D eigenvalue weighted by Gasteiger charge is -2.15. The zero-order valence-corrected chi connectivity index (χ0v) is 19.1. The zero-order chi connectivity index (χ0) is 22.4. The Hall–Kier alpha value is -2.64. The summed E-state index contributed by atoms with van der Waals surface area (Å²) in [6.45, 7) is 8.90. The summed E-state index contributed by atoms with van der Waals surface area (Å²) < 4.78 is 10.5. The molecule has 0 aliphatic heterocycles. The Labute approximate surface area is 186 Å². The summed E-state index contributed by atoms with van der Waals surface area (Å²) in [6.07, 6.45) is -0.594. The van der Waals surface area contributed by atoms with Gasteiger partial charge in [-0.2, -0.15) is 0 Å². The van der Waals surface area contributed by atoms with E-state index in [0.717, 1.165) is 5.56 Å². The summed E-state index contributed by atoms with van der Waals surface area (Å²) in [5.41, 5.74) is 2.53. The average molecular weight is 449 g/mol. The van der Waals surface area contributed by atoms with Crippen LogP contribution in [0, 0.1) is 6.92 Å². The molecule has 0 heterocycles. The fraction of sp³-hybridized carbons (Fsp3) is 0.318. The topological polar surface area (TPSA) is 76.7 Å². The van der Waals surface area contributed by atoms with Crippen molar-refractivity contribution >= 4 is 52.2 Å². The maximum absolute atomic E-state index is 12.4. The van der Waals surface area contributed by atoms with E-state index >= 15 is 0 Å². The van der Waals surface area contributed by atoms with Crippen molar-refractivity contribution in [2.45, 2.75) is 46.8 Å². The van der Waals surface area contributed by atoms with Crippen LogP contribution in [0.4, 0.5) is 11.4 Å². The van der Waals surface area contributed by atoms with Crippen molar-refractivity contribution in [1.29, 1.82) is 0 Å². The second-order valence-corrected chi connectivity index (χ2v) is 8.07. The van der Waals surface area contributed by atoms with E-state index < -0.39 is 11.9 Å². The first kappa shape index (κ1) is 23.6. The first-order valence-electron chi connectivity index (χ1n) is 9.46. The Morgan fingerprint density at radius 1 is 0.867 bits per heavy atom.